The van der Waals surface area contributed by atoms with E-state index in [1.165, 1.54) is 17.7 Å². The monoisotopic (exact) mass is 229 g/mol. The van der Waals surface area contributed by atoms with Gasteiger partial charge in [-0.1, -0.05) is 13.0 Å². The van der Waals surface area contributed by atoms with E-state index < -0.39 is 0 Å². The van der Waals surface area contributed by atoms with Gasteiger partial charge >= 0.3 is 0 Å². The number of anilines is 1. The lowest BCUT2D eigenvalue weighted by Gasteiger charge is -2.32. The van der Waals surface area contributed by atoms with Crippen molar-refractivity contribution >= 4 is 17.5 Å². The van der Waals surface area contributed by atoms with Crippen LogP contribution in [0, 0.1) is 0 Å². The Balaban J connectivity index is 2.45. The van der Waals surface area contributed by atoms with E-state index in [9.17, 15) is 4.79 Å². The SMILES string of the molecule is CC(=CC=O)c1ccc2c(c1)C(C)CCN2C. The van der Waals surface area contributed by atoms with Gasteiger partial charge in [-0.05, 0) is 54.2 Å². The van der Waals surface area contributed by atoms with Gasteiger partial charge in [-0.15, -0.1) is 0 Å². The zero-order valence-corrected chi connectivity index (χ0v) is 10.7. The van der Waals surface area contributed by atoms with Crippen LogP contribution >= 0.6 is 0 Å². The second-order valence-corrected chi connectivity index (χ2v) is 4.87. The number of rotatable bonds is 2. The van der Waals surface area contributed by atoms with E-state index >= 15 is 0 Å². The minimum atomic E-state index is 0.602. The van der Waals surface area contributed by atoms with Crippen molar-refractivity contribution in [1.82, 2.24) is 0 Å². The Morgan fingerprint density at radius 3 is 2.94 bits per heavy atom. The third kappa shape index (κ3) is 2.26. The predicted octanol–water partition coefficient (Wildman–Crippen LogP) is 3.23. The van der Waals surface area contributed by atoms with Gasteiger partial charge in [0.2, 0.25) is 0 Å². The van der Waals surface area contributed by atoms with Gasteiger partial charge in [-0.25, -0.2) is 0 Å². The van der Waals surface area contributed by atoms with E-state index in [1.54, 1.807) is 6.08 Å². The molecule has 1 aromatic rings. The Bertz CT molecular complexity index is 462. The summed E-state index contributed by atoms with van der Waals surface area (Å²) < 4.78 is 0. The number of aldehydes is 1. The van der Waals surface area contributed by atoms with Gasteiger partial charge in [0.25, 0.3) is 0 Å². The first-order valence-corrected chi connectivity index (χ1v) is 6.11. The summed E-state index contributed by atoms with van der Waals surface area (Å²) in [5, 5.41) is 0. The molecule has 1 aliphatic rings. The molecule has 0 amide bonds. The first kappa shape index (κ1) is 11.9. The van der Waals surface area contributed by atoms with Gasteiger partial charge < -0.3 is 4.90 Å². The van der Waals surface area contributed by atoms with Crippen molar-refractivity contribution in [3.8, 4) is 0 Å². The number of benzene rings is 1. The van der Waals surface area contributed by atoms with Gasteiger partial charge in [0.15, 0.2) is 0 Å². The molecule has 2 nitrogen and oxygen atoms in total. The normalized spacial score (nSPS) is 20.1. The van der Waals surface area contributed by atoms with Crippen LogP contribution in [0.4, 0.5) is 5.69 Å². The largest absolute Gasteiger partial charge is 0.374 e. The van der Waals surface area contributed by atoms with Crippen LogP contribution in [0.25, 0.3) is 5.57 Å². The molecule has 1 aromatic carbocycles. The third-order valence-corrected chi connectivity index (χ3v) is 3.64. The Labute approximate surface area is 103 Å². The zero-order valence-electron chi connectivity index (χ0n) is 10.7. The first-order valence-electron chi connectivity index (χ1n) is 6.11. The number of carbonyl (C=O) groups is 1. The highest BCUT2D eigenvalue weighted by Crippen LogP contribution is 2.35. The minimum Gasteiger partial charge on any atom is -0.374 e. The minimum absolute atomic E-state index is 0.602. The van der Waals surface area contributed by atoms with Gasteiger partial charge in [0.1, 0.15) is 6.29 Å². The molecule has 1 heterocycles. The van der Waals surface area contributed by atoms with E-state index in [1.807, 2.05) is 6.92 Å². The number of nitrogens with zero attached hydrogens (tertiary/aromatic N) is 1. The molecule has 0 aliphatic carbocycles. The molecule has 0 fully saturated rings. The van der Waals surface area contributed by atoms with E-state index in [-0.39, 0.29) is 0 Å². The summed E-state index contributed by atoms with van der Waals surface area (Å²) in [5.41, 5.74) is 4.91. The van der Waals surface area contributed by atoms with Crippen LogP contribution in [0.2, 0.25) is 0 Å². The third-order valence-electron chi connectivity index (χ3n) is 3.64. The van der Waals surface area contributed by atoms with Crippen LogP contribution in [-0.4, -0.2) is 19.9 Å². The fourth-order valence-electron chi connectivity index (χ4n) is 2.40. The molecule has 0 saturated heterocycles. The molecule has 0 aromatic heterocycles. The van der Waals surface area contributed by atoms with Crippen molar-refractivity contribution in [2.24, 2.45) is 0 Å². The summed E-state index contributed by atoms with van der Waals surface area (Å²) in [7, 11) is 2.14. The molecule has 2 rings (SSSR count). The Morgan fingerprint density at radius 2 is 2.24 bits per heavy atom. The number of fused-ring (bicyclic) bond motifs is 1. The zero-order chi connectivity index (χ0) is 12.4. The van der Waals surface area contributed by atoms with Crippen molar-refractivity contribution in [1.29, 1.82) is 0 Å². The van der Waals surface area contributed by atoms with Crippen LogP contribution < -0.4 is 4.90 Å². The maximum absolute atomic E-state index is 10.5. The molecule has 0 spiro atoms. The topological polar surface area (TPSA) is 20.3 Å². The summed E-state index contributed by atoms with van der Waals surface area (Å²) in [6.45, 7) is 5.37. The fourth-order valence-corrected chi connectivity index (χ4v) is 2.40. The Kier molecular flexibility index (Phi) is 3.32. The lowest BCUT2D eigenvalue weighted by Crippen LogP contribution is -2.26. The Morgan fingerprint density at radius 1 is 1.47 bits per heavy atom. The molecular weight excluding hydrogens is 210 g/mol. The molecule has 1 unspecified atom stereocenters. The average Bonchev–Trinajstić information content (AvgIpc) is 2.34. The first-order chi connectivity index (χ1) is 8.13. The standard InChI is InChI=1S/C15H19NO/c1-11(7-9-17)13-4-5-15-14(10-13)12(2)6-8-16(15)3/h4-5,7,9-10,12H,6,8H2,1-3H3. The number of hydrogen-bond donors (Lipinski definition) is 0. The molecular formula is C15H19NO. The van der Waals surface area contributed by atoms with E-state index in [4.69, 9.17) is 0 Å². The molecule has 0 radical (unpaired) electrons. The second kappa shape index (κ2) is 4.74. The van der Waals surface area contributed by atoms with Crippen LogP contribution in [0.1, 0.15) is 37.3 Å². The van der Waals surface area contributed by atoms with Crippen LogP contribution in [0.5, 0.6) is 0 Å². The summed E-state index contributed by atoms with van der Waals surface area (Å²) in [4.78, 5) is 12.8. The summed E-state index contributed by atoms with van der Waals surface area (Å²) in [6.07, 6.45) is 3.67. The lowest BCUT2D eigenvalue weighted by molar-refractivity contribution is -0.104. The lowest BCUT2D eigenvalue weighted by atomic mass is 9.89. The van der Waals surface area contributed by atoms with Gasteiger partial charge in [0, 0.05) is 19.3 Å². The summed E-state index contributed by atoms with van der Waals surface area (Å²) in [6, 6.07) is 6.50. The smallest absolute Gasteiger partial charge is 0.143 e. The molecule has 1 aliphatic heterocycles. The molecule has 0 bridgehead atoms. The van der Waals surface area contributed by atoms with Crippen LogP contribution in [0.3, 0.4) is 0 Å². The van der Waals surface area contributed by atoms with E-state index in [0.29, 0.717) is 5.92 Å². The molecule has 2 heteroatoms. The van der Waals surface area contributed by atoms with Crippen molar-refractivity contribution in [3.05, 3.63) is 35.4 Å². The number of carbonyl (C=O) groups excluding carboxylic acids is 1. The highest BCUT2D eigenvalue weighted by molar-refractivity contribution is 5.81. The van der Waals surface area contributed by atoms with E-state index in [2.05, 4.69) is 37.1 Å². The van der Waals surface area contributed by atoms with Crippen LogP contribution in [0.15, 0.2) is 24.3 Å². The van der Waals surface area contributed by atoms with Crippen molar-refractivity contribution in [2.75, 3.05) is 18.5 Å². The van der Waals surface area contributed by atoms with Gasteiger partial charge in [-0.3, -0.25) is 4.79 Å². The van der Waals surface area contributed by atoms with Crippen molar-refractivity contribution < 1.29 is 4.79 Å². The highest BCUT2D eigenvalue weighted by atomic mass is 16.1. The average molecular weight is 229 g/mol. The number of allylic oxidation sites excluding steroid dienone is 2. The van der Waals surface area contributed by atoms with Gasteiger partial charge in [-0.2, -0.15) is 0 Å². The van der Waals surface area contributed by atoms with Crippen molar-refractivity contribution in [2.45, 2.75) is 26.2 Å². The Hall–Kier alpha value is -1.57. The van der Waals surface area contributed by atoms with Crippen LogP contribution in [-0.2, 0) is 4.79 Å². The maximum Gasteiger partial charge on any atom is 0.143 e. The molecule has 0 saturated carbocycles. The van der Waals surface area contributed by atoms with Gasteiger partial charge in [0.05, 0.1) is 0 Å². The predicted molar refractivity (Wildman–Crippen MR) is 72.5 cm³/mol. The number of hydrogen-bond acceptors (Lipinski definition) is 2. The summed E-state index contributed by atoms with van der Waals surface area (Å²) in [5.74, 6) is 0.602. The maximum atomic E-state index is 10.5. The van der Waals surface area contributed by atoms with Crippen molar-refractivity contribution in [3.63, 3.8) is 0 Å². The molecule has 17 heavy (non-hydrogen) atoms. The van der Waals surface area contributed by atoms with E-state index in [0.717, 1.165) is 24.0 Å². The summed E-state index contributed by atoms with van der Waals surface area (Å²) >= 11 is 0. The molecule has 0 N–H and O–H groups in total. The fraction of sp³-hybridized carbons (Fsp3) is 0.400. The highest BCUT2D eigenvalue weighted by Gasteiger charge is 2.19. The molecule has 90 valence electrons. The second-order valence-electron chi connectivity index (χ2n) is 4.87. The quantitative estimate of drug-likeness (QED) is 0.573. The molecule has 1 atom stereocenters.